The molecular weight excluding hydrogens is 181 g/mol. The van der Waals surface area contributed by atoms with Crippen LogP contribution in [0.15, 0.2) is 0 Å². The van der Waals surface area contributed by atoms with Crippen molar-refractivity contribution >= 4 is 5.91 Å². The number of piperidine rings is 1. The lowest BCUT2D eigenvalue weighted by molar-refractivity contribution is -0.135. The number of alkyl halides is 1. The Hall–Kier alpha value is -0.600. The minimum atomic E-state index is -0.831. The quantitative estimate of drug-likeness (QED) is 0.625. The molecule has 3 rings (SSSR count). The van der Waals surface area contributed by atoms with E-state index in [0.29, 0.717) is 6.42 Å². The highest BCUT2D eigenvalue weighted by molar-refractivity contribution is 5.82. The summed E-state index contributed by atoms with van der Waals surface area (Å²) in [7, 11) is 0. The molecule has 2 bridgehead atoms. The van der Waals surface area contributed by atoms with Gasteiger partial charge in [0.2, 0.25) is 5.91 Å². The summed E-state index contributed by atoms with van der Waals surface area (Å²) in [4.78, 5) is 13.7. The Balaban J connectivity index is 1.65. The van der Waals surface area contributed by atoms with Gasteiger partial charge in [-0.25, -0.2) is 4.39 Å². The summed E-state index contributed by atoms with van der Waals surface area (Å²) < 4.78 is 12.7. The number of carbonyl (C=O) groups is 1. The molecule has 3 heteroatoms. The van der Waals surface area contributed by atoms with Gasteiger partial charge >= 0.3 is 0 Å². The van der Waals surface area contributed by atoms with Crippen molar-refractivity contribution in [2.75, 3.05) is 13.1 Å². The first-order valence-corrected chi connectivity index (χ1v) is 5.67. The Morgan fingerprint density at radius 3 is 2.21 bits per heavy atom. The monoisotopic (exact) mass is 197 g/mol. The first-order chi connectivity index (χ1) is 6.74. The molecule has 14 heavy (non-hydrogen) atoms. The van der Waals surface area contributed by atoms with Crippen LogP contribution in [-0.4, -0.2) is 30.1 Å². The number of likely N-dealkylation sites (tertiary alicyclic amines) is 1. The van der Waals surface area contributed by atoms with Crippen molar-refractivity contribution in [2.45, 2.75) is 31.9 Å². The first kappa shape index (κ1) is 8.69. The van der Waals surface area contributed by atoms with Crippen LogP contribution < -0.4 is 0 Å². The van der Waals surface area contributed by atoms with Crippen LogP contribution in [0, 0.1) is 17.8 Å². The molecule has 3 fully saturated rings. The summed E-state index contributed by atoms with van der Waals surface area (Å²) in [5.74, 6) is 1.26. The van der Waals surface area contributed by atoms with Gasteiger partial charge in [-0.1, -0.05) is 0 Å². The van der Waals surface area contributed by atoms with E-state index in [1.807, 2.05) is 4.90 Å². The van der Waals surface area contributed by atoms with Gasteiger partial charge in [-0.15, -0.1) is 0 Å². The molecule has 1 heterocycles. The van der Waals surface area contributed by atoms with Crippen molar-refractivity contribution in [1.82, 2.24) is 4.90 Å². The second-order valence-electron chi connectivity index (χ2n) is 5.15. The predicted molar refractivity (Wildman–Crippen MR) is 50.4 cm³/mol. The number of fused-ring (bicyclic) bond motifs is 2. The number of carbonyl (C=O) groups excluding carboxylic acids is 1. The number of hydrogen-bond donors (Lipinski definition) is 0. The maximum atomic E-state index is 12.7. The minimum absolute atomic E-state index is 0.0918. The molecule has 4 atom stereocenters. The lowest BCUT2D eigenvalue weighted by Gasteiger charge is -2.31. The van der Waals surface area contributed by atoms with E-state index in [1.54, 1.807) is 0 Å². The molecule has 0 spiro atoms. The van der Waals surface area contributed by atoms with Crippen LogP contribution in [0.4, 0.5) is 4.39 Å². The molecular formula is C11H16FNO. The van der Waals surface area contributed by atoms with Gasteiger partial charge in [-0.05, 0) is 37.5 Å². The SMILES string of the molecule is O=C(C1C[C@H]1F)N1CC2CCC(C2)C1. The summed E-state index contributed by atoms with van der Waals surface area (Å²) >= 11 is 0. The fourth-order valence-electron chi connectivity index (χ4n) is 3.04. The zero-order valence-electron chi connectivity index (χ0n) is 8.29. The third-order valence-electron chi connectivity index (χ3n) is 3.95. The largest absolute Gasteiger partial charge is 0.342 e. The van der Waals surface area contributed by atoms with E-state index in [-0.39, 0.29) is 11.8 Å². The lowest BCUT2D eigenvalue weighted by Crippen LogP contribution is -2.41. The molecule has 2 aliphatic carbocycles. The van der Waals surface area contributed by atoms with Crippen molar-refractivity contribution in [3.63, 3.8) is 0 Å². The van der Waals surface area contributed by atoms with Crippen molar-refractivity contribution < 1.29 is 9.18 Å². The van der Waals surface area contributed by atoms with Gasteiger partial charge in [0.1, 0.15) is 6.17 Å². The topological polar surface area (TPSA) is 20.3 Å². The Morgan fingerprint density at radius 2 is 1.71 bits per heavy atom. The average Bonchev–Trinajstić information content (AvgIpc) is 2.82. The fourth-order valence-corrected chi connectivity index (χ4v) is 3.04. The molecule has 0 N–H and O–H groups in total. The Bertz CT molecular complexity index is 256. The molecule has 1 saturated heterocycles. The number of hydrogen-bond acceptors (Lipinski definition) is 1. The third kappa shape index (κ3) is 1.33. The zero-order chi connectivity index (χ0) is 9.71. The molecule has 78 valence electrons. The highest BCUT2D eigenvalue weighted by Crippen LogP contribution is 2.40. The minimum Gasteiger partial charge on any atom is -0.342 e. The van der Waals surface area contributed by atoms with Crippen molar-refractivity contribution in [1.29, 1.82) is 0 Å². The fraction of sp³-hybridized carbons (Fsp3) is 0.909. The van der Waals surface area contributed by atoms with Gasteiger partial charge in [0.15, 0.2) is 0 Å². The summed E-state index contributed by atoms with van der Waals surface area (Å²) in [5.41, 5.74) is 0. The van der Waals surface area contributed by atoms with E-state index in [0.717, 1.165) is 24.9 Å². The van der Waals surface area contributed by atoms with Crippen molar-refractivity contribution in [3.05, 3.63) is 0 Å². The standard InChI is InChI=1S/C11H16FNO/c12-10-4-9(10)11(14)13-5-7-1-2-8(3-7)6-13/h7-10H,1-6H2/t7?,8?,9?,10-/m1/s1. The second kappa shape index (κ2) is 2.94. The highest BCUT2D eigenvalue weighted by atomic mass is 19.1. The van der Waals surface area contributed by atoms with Gasteiger partial charge in [0.25, 0.3) is 0 Å². The molecule has 0 aromatic rings. The lowest BCUT2D eigenvalue weighted by atomic mass is 9.98. The summed E-state index contributed by atoms with van der Waals surface area (Å²) in [6.45, 7) is 1.80. The second-order valence-corrected chi connectivity index (χ2v) is 5.15. The van der Waals surface area contributed by atoms with E-state index >= 15 is 0 Å². The van der Waals surface area contributed by atoms with E-state index in [2.05, 4.69) is 0 Å². The molecule has 1 aliphatic heterocycles. The van der Waals surface area contributed by atoms with Crippen LogP contribution in [0.1, 0.15) is 25.7 Å². The van der Waals surface area contributed by atoms with Crippen LogP contribution in [0.3, 0.4) is 0 Å². The van der Waals surface area contributed by atoms with E-state index in [4.69, 9.17) is 0 Å². The molecule has 3 aliphatic rings. The maximum absolute atomic E-state index is 12.7. The maximum Gasteiger partial charge on any atom is 0.228 e. The summed E-state index contributed by atoms with van der Waals surface area (Å²) in [5, 5.41) is 0. The molecule has 1 amide bonds. The Labute approximate surface area is 83.5 Å². The van der Waals surface area contributed by atoms with Crippen LogP contribution in [-0.2, 0) is 4.79 Å². The van der Waals surface area contributed by atoms with Crippen molar-refractivity contribution in [2.24, 2.45) is 17.8 Å². The molecule has 0 radical (unpaired) electrons. The van der Waals surface area contributed by atoms with Crippen LogP contribution in [0.25, 0.3) is 0 Å². The van der Waals surface area contributed by atoms with Crippen molar-refractivity contribution in [3.8, 4) is 0 Å². The Morgan fingerprint density at radius 1 is 1.14 bits per heavy atom. The van der Waals surface area contributed by atoms with Gasteiger partial charge in [0, 0.05) is 13.1 Å². The van der Waals surface area contributed by atoms with Gasteiger partial charge in [-0.3, -0.25) is 4.79 Å². The normalized spacial score (nSPS) is 45.4. The van der Waals surface area contributed by atoms with E-state index < -0.39 is 6.17 Å². The van der Waals surface area contributed by atoms with E-state index in [1.165, 1.54) is 19.3 Å². The summed E-state index contributed by atoms with van der Waals surface area (Å²) in [6.07, 6.45) is 3.50. The number of rotatable bonds is 1. The number of halogens is 1. The molecule has 0 aromatic heterocycles. The number of amides is 1. The van der Waals surface area contributed by atoms with Crippen LogP contribution in [0.5, 0.6) is 0 Å². The first-order valence-electron chi connectivity index (χ1n) is 5.67. The molecule has 2 saturated carbocycles. The average molecular weight is 197 g/mol. The Kier molecular flexibility index (Phi) is 1.83. The molecule has 3 unspecified atom stereocenters. The van der Waals surface area contributed by atoms with Gasteiger partial charge < -0.3 is 4.90 Å². The predicted octanol–water partition coefficient (Wildman–Crippen LogP) is 1.60. The molecule has 2 nitrogen and oxygen atoms in total. The van der Waals surface area contributed by atoms with Gasteiger partial charge in [0.05, 0.1) is 5.92 Å². The smallest absolute Gasteiger partial charge is 0.228 e. The van der Waals surface area contributed by atoms with Crippen LogP contribution >= 0.6 is 0 Å². The highest BCUT2D eigenvalue weighted by Gasteiger charge is 2.47. The molecule has 0 aromatic carbocycles. The summed E-state index contributed by atoms with van der Waals surface area (Å²) in [6, 6.07) is 0. The van der Waals surface area contributed by atoms with E-state index in [9.17, 15) is 9.18 Å². The van der Waals surface area contributed by atoms with Gasteiger partial charge in [-0.2, -0.15) is 0 Å². The number of nitrogens with zero attached hydrogens (tertiary/aromatic N) is 1. The van der Waals surface area contributed by atoms with Crippen LogP contribution in [0.2, 0.25) is 0 Å². The zero-order valence-corrected chi connectivity index (χ0v) is 8.29. The third-order valence-corrected chi connectivity index (χ3v) is 3.95.